The van der Waals surface area contributed by atoms with E-state index in [1.165, 1.54) is 12.1 Å². The average molecular weight is 533 g/mol. The van der Waals surface area contributed by atoms with Gasteiger partial charge in [0.05, 0.1) is 15.7 Å². The molecule has 3 N–H and O–H groups in total. The van der Waals surface area contributed by atoms with E-state index in [1.54, 1.807) is 6.07 Å². The van der Waals surface area contributed by atoms with Gasteiger partial charge in [-0.1, -0.05) is 46.9 Å². The van der Waals surface area contributed by atoms with Crippen LogP contribution in [-0.2, 0) is 5.67 Å². The number of rotatable bonds is 5. The van der Waals surface area contributed by atoms with Crippen molar-refractivity contribution in [1.82, 2.24) is 0 Å². The number of alkyl halides is 4. The largest absolute Gasteiger partial charge is 0.630 e. The Morgan fingerprint density at radius 2 is 1.53 bits per heavy atom. The van der Waals surface area contributed by atoms with Crippen LogP contribution in [0.25, 0.3) is 0 Å². The van der Waals surface area contributed by atoms with Crippen molar-refractivity contribution < 1.29 is 27.8 Å². The highest BCUT2D eigenvalue weighted by atomic mass is 35.5. The number of halogens is 7. The van der Waals surface area contributed by atoms with Gasteiger partial charge < -0.3 is 16.0 Å². The minimum absolute atomic E-state index is 0.0422. The van der Waals surface area contributed by atoms with Crippen LogP contribution < -0.4 is 10.8 Å². The second-order valence-electron chi connectivity index (χ2n) is 6.96. The maximum absolute atomic E-state index is 15.6. The number of nitrogens with two attached hydrogens (primary N) is 1. The fourth-order valence-corrected chi connectivity index (χ4v) is 3.86. The Balaban J connectivity index is 2.02. The summed E-state index contributed by atoms with van der Waals surface area (Å²) in [6.45, 7) is 0. The highest BCUT2D eigenvalue weighted by molar-refractivity contribution is 6.40. The maximum Gasteiger partial charge on any atom is 0.431 e. The zero-order valence-corrected chi connectivity index (χ0v) is 19.0. The number of hydrogen-bond donors (Lipinski definition) is 2. The molecule has 1 amide bonds. The number of benzene rings is 3. The number of carbonyl (C=O) groups is 1. The lowest BCUT2D eigenvalue weighted by Crippen LogP contribution is -2.70. The van der Waals surface area contributed by atoms with Gasteiger partial charge in [0.15, 0.2) is 0 Å². The zero-order valence-electron chi connectivity index (χ0n) is 16.7. The molecule has 0 aliphatic rings. The van der Waals surface area contributed by atoms with Gasteiger partial charge in [-0.05, 0) is 36.4 Å². The predicted octanol–water partition coefficient (Wildman–Crippen LogP) is 6.24. The molecule has 0 saturated heterocycles. The van der Waals surface area contributed by atoms with Crippen molar-refractivity contribution in [3.8, 4) is 6.07 Å². The van der Waals surface area contributed by atoms with E-state index in [0.717, 1.165) is 30.3 Å². The summed E-state index contributed by atoms with van der Waals surface area (Å²) in [5, 5.41) is 21.6. The van der Waals surface area contributed by atoms with Gasteiger partial charge in [-0.15, -0.1) is 0 Å². The number of nitrogens with one attached hydrogen (secondary N) is 1. The third-order valence-electron chi connectivity index (χ3n) is 4.87. The SMILES string of the molecule is N#Cc1ccc(C(=O)Nc2c(Cl)cc(C(F)(c3ccc(Cl)cc3)C(F)(F)F)cc2Cl)cc1[NH2+][O-]. The second kappa shape index (κ2) is 9.78. The lowest BCUT2D eigenvalue weighted by molar-refractivity contribution is -0.497. The number of nitriles is 1. The highest BCUT2D eigenvalue weighted by Crippen LogP contribution is 2.50. The molecule has 1 atom stereocenters. The number of hydrogen-bond acceptors (Lipinski definition) is 3. The standard InChI is InChI=1S/C22H12Cl3F4N3O2/c23-15-5-3-13(4-6-15)21(26,22(27,28)29)14-8-16(24)19(17(25)9-14)31-20(33)11-1-2-12(10-30)18(7-11)32-34/h1-9H,32H2,(H,31,33). The van der Waals surface area contributed by atoms with E-state index in [0.29, 0.717) is 17.6 Å². The minimum Gasteiger partial charge on any atom is -0.630 e. The van der Waals surface area contributed by atoms with Crippen molar-refractivity contribution in [2.75, 3.05) is 5.32 Å². The van der Waals surface area contributed by atoms with E-state index in [4.69, 9.17) is 40.1 Å². The van der Waals surface area contributed by atoms with Crippen molar-refractivity contribution in [1.29, 1.82) is 5.26 Å². The van der Waals surface area contributed by atoms with Crippen molar-refractivity contribution in [2.24, 2.45) is 0 Å². The van der Waals surface area contributed by atoms with Crippen LogP contribution in [0.4, 0.5) is 28.9 Å². The molecule has 0 heterocycles. The Morgan fingerprint density at radius 3 is 2.03 bits per heavy atom. The molecule has 0 aromatic heterocycles. The molecule has 34 heavy (non-hydrogen) atoms. The molecule has 3 aromatic rings. The van der Waals surface area contributed by atoms with Gasteiger partial charge in [0.25, 0.3) is 11.6 Å². The molecule has 0 aliphatic carbocycles. The average Bonchev–Trinajstić information content (AvgIpc) is 2.79. The van der Waals surface area contributed by atoms with Gasteiger partial charge in [-0.2, -0.15) is 18.4 Å². The molecule has 1 unspecified atom stereocenters. The van der Waals surface area contributed by atoms with Crippen molar-refractivity contribution in [3.05, 3.63) is 97.1 Å². The molecule has 5 nitrogen and oxygen atoms in total. The molecule has 0 fully saturated rings. The molecular weight excluding hydrogens is 521 g/mol. The molecule has 3 rings (SSSR count). The normalized spacial score (nSPS) is 13.1. The number of carbonyl (C=O) groups excluding carboxylic acids is 1. The van der Waals surface area contributed by atoms with E-state index in [-0.39, 0.29) is 27.5 Å². The van der Waals surface area contributed by atoms with Crippen LogP contribution in [0.1, 0.15) is 27.0 Å². The van der Waals surface area contributed by atoms with Crippen LogP contribution in [0.15, 0.2) is 54.6 Å². The number of amides is 1. The first-order valence-corrected chi connectivity index (χ1v) is 10.4. The third kappa shape index (κ3) is 4.82. The van der Waals surface area contributed by atoms with Crippen LogP contribution in [0, 0.1) is 16.5 Å². The Labute approximate surface area is 205 Å². The zero-order chi connectivity index (χ0) is 25.3. The number of quaternary nitrogens is 1. The quantitative estimate of drug-likeness (QED) is 0.231. The topological polar surface area (TPSA) is 92.6 Å². The van der Waals surface area contributed by atoms with Crippen molar-refractivity contribution in [2.45, 2.75) is 11.8 Å². The molecule has 0 spiro atoms. The summed E-state index contributed by atoms with van der Waals surface area (Å²) in [7, 11) is 0. The van der Waals surface area contributed by atoms with Crippen LogP contribution in [0.3, 0.4) is 0 Å². The highest BCUT2D eigenvalue weighted by Gasteiger charge is 2.58. The van der Waals surface area contributed by atoms with Crippen LogP contribution in [-0.4, -0.2) is 12.1 Å². The molecule has 0 aliphatic heterocycles. The van der Waals surface area contributed by atoms with Crippen LogP contribution >= 0.6 is 34.8 Å². The van der Waals surface area contributed by atoms with Gasteiger partial charge in [0.1, 0.15) is 17.3 Å². The predicted molar refractivity (Wildman–Crippen MR) is 120 cm³/mol. The van der Waals surface area contributed by atoms with Crippen LogP contribution in [0.2, 0.25) is 15.1 Å². The summed E-state index contributed by atoms with van der Waals surface area (Å²) in [4.78, 5) is 12.6. The maximum atomic E-state index is 15.6. The molecule has 0 bridgehead atoms. The molecule has 176 valence electrons. The van der Waals surface area contributed by atoms with E-state index >= 15 is 4.39 Å². The molecule has 3 aromatic carbocycles. The van der Waals surface area contributed by atoms with Gasteiger partial charge in [0, 0.05) is 27.8 Å². The summed E-state index contributed by atoms with van der Waals surface area (Å²) >= 11 is 17.9. The summed E-state index contributed by atoms with van der Waals surface area (Å²) in [5.41, 5.74) is -5.55. The van der Waals surface area contributed by atoms with Crippen molar-refractivity contribution >= 4 is 52.1 Å². The lowest BCUT2D eigenvalue weighted by Gasteiger charge is -2.29. The third-order valence-corrected chi connectivity index (χ3v) is 5.72. The summed E-state index contributed by atoms with van der Waals surface area (Å²) in [5.74, 6) is -0.816. The second-order valence-corrected chi connectivity index (χ2v) is 8.21. The number of nitrogens with zero attached hydrogens (tertiary/aromatic N) is 1. The molecular formula is C22H12Cl3F4N3O2. The smallest absolute Gasteiger partial charge is 0.431 e. The monoisotopic (exact) mass is 531 g/mol. The van der Waals surface area contributed by atoms with Gasteiger partial charge in [-0.3, -0.25) is 4.79 Å². The first kappa shape index (κ1) is 25.7. The summed E-state index contributed by atoms with van der Waals surface area (Å²) < 4.78 is 57.3. The van der Waals surface area contributed by atoms with Crippen molar-refractivity contribution in [3.63, 3.8) is 0 Å². The summed E-state index contributed by atoms with van der Waals surface area (Å²) in [6, 6.07) is 10.9. The molecule has 0 radical (unpaired) electrons. The lowest BCUT2D eigenvalue weighted by atomic mass is 9.87. The van der Waals surface area contributed by atoms with Gasteiger partial charge >= 0.3 is 6.18 Å². The minimum atomic E-state index is -5.38. The first-order chi connectivity index (χ1) is 15.9. The number of anilines is 1. The fraction of sp³-hybridized carbons (Fsp3) is 0.0909. The summed E-state index contributed by atoms with van der Waals surface area (Å²) in [6.07, 6.45) is -5.38. The first-order valence-electron chi connectivity index (χ1n) is 9.24. The Kier molecular flexibility index (Phi) is 7.41. The van der Waals surface area contributed by atoms with Crippen LogP contribution in [0.5, 0.6) is 0 Å². The Hall–Kier alpha value is -2.87. The van der Waals surface area contributed by atoms with E-state index in [9.17, 15) is 23.2 Å². The van der Waals surface area contributed by atoms with E-state index in [2.05, 4.69) is 5.32 Å². The van der Waals surface area contributed by atoms with Gasteiger partial charge in [0.2, 0.25) is 0 Å². The van der Waals surface area contributed by atoms with E-state index < -0.39 is 38.9 Å². The molecule has 0 saturated carbocycles. The van der Waals surface area contributed by atoms with Gasteiger partial charge in [-0.25, -0.2) is 4.39 Å². The fourth-order valence-electron chi connectivity index (χ4n) is 3.15. The Bertz CT molecular complexity index is 1270. The molecule has 12 heteroatoms. The Morgan fingerprint density at radius 1 is 0.941 bits per heavy atom. The van der Waals surface area contributed by atoms with E-state index in [1.807, 2.05) is 0 Å².